The third kappa shape index (κ3) is 2.65. The minimum absolute atomic E-state index is 0.434. The van der Waals surface area contributed by atoms with Gasteiger partial charge in [0.1, 0.15) is 5.73 Å². The minimum atomic E-state index is -0.990. The summed E-state index contributed by atoms with van der Waals surface area (Å²) in [7, 11) is -0.990. The molecule has 2 nitrogen and oxygen atoms in total. The first-order valence-corrected chi connectivity index (χ1v) is 7.00. The third-order valence-corrected chi connectivity index (χ3v) is 4.43. The molecule has 0 aliphatic carbocycles. The molecule has 2 rings (SSSR count). The fourth-order valence-electron chi connectivity index (χ4n) is 2.02. The summed E-state index contributed by atoms with van der Waals surface area (Å²) >= 11 is 6.10. The van der Waals surface area contributed by atoms with Gasteiger partial charge in [0.15, 0.2) is 0 Å². The highest BCUT2D eigenvalue weighted by Crippen LogP contribution is 2.40. The summed E-state index contributed by atoms with van der Waals surface area (Å²) in [6, 6.07) is 7.15. The molecule has 108 valence electrons. The number of allylic oxidation sites excluding steroid dienone is 1. The number of hydrogen-bond donors (Lipinski definition) is 0. The zero-order valence-corrected chi connectivity index (χ0v) is 13.2. The Balaban J connectivity index is 2.35. The van der Waals surface area contributed by atoms with Crippen LogP contribution in [0.5, 0.6) is 0 Å². The summed E-state index contributed by atoms with van der Waals surface area (Å²) in [6.07, 6.45) is 0. The van der Waals surface area contributed by atoms with Crippen molar-refractivity contribution in [1.29, 1.82) is 0 Å². The van der Waals surface area contributed by atoms with Crippen molar-refractivity contribution in [2.75, 3.05) is 0 Å². The fraction of sp³-hybridized carbons (Fsp3) is 0.467. The van der Waals surface area contributed by atoms with Gasteiger partial charge in [0.25, 0.3) is 0 Å². The normalized spacial score (nSPS) is 21.9. The number of halogens is 2. The summed E-state index contributed by atoms with van der Waals surface area (Å²) in [5.74, 6) is 0. The molecule has 0 amide bonds. The Labute approximate surface area is 125 Å². The Hall–Kier alpha value is -0.835. The molecule has 1 fully saturated rings. The van der Waals surface area contributed by atoms with Crippen molar-refractivity contribution in [3.8, 4) is 0 Å². The molecule has 0 unspecified atom stereocenters. The quantitative estimate of drug-likeness (QED) is 0.738. The highest BCUT2D eigenvalue weighted by molar-refractivity contribution is 6.55. The average Bonchev–Trinajstić information content (AvgIpc) is 2.57. The van der Waals surface area contributed by atoms with E-state index in [2.05, 4.69) is 0 Å². The summed E-state index contributed by atoms with van der Waals surface area (Å²) in [4.78, 5) is 0. The van der Waals surface area contributed by atoms with E-state index in [4.69, 9.17) is 20.9 Å². The second kappa shape index (κ2) is 5.17. The lowest BCUT2D eigenvalue weighted by Crippen LogP contribution is -2.41. The third-order valence-electron chi connectivity index (χ3n) is 4.10. The monoisotopic (exact) mass is 296 g/mol. The van der Waals surface area contributed by atoms with Crippen LogP contribution in [-0.4, -0.2) is 18.3 Å². The Bertz CT molecular complexity index is 539. The van der Waals surface area contributed by atoms with Gasteiger partial charge in [-0.1, -0.05) is 29.8 Å². The predicted molar refractivity (Wildman–Crippen MR) is 81.2 cm³/mol. The molecule has 1 aliphatic heterocycles. The molecule has 1 aliphatic rings. The Morgan fingerprint density at radius 3 is 2.10 bits per heavy atom. The van der Waals surface area contributed by atoms with Gasteiger partial charge in [-0.05, 0) is 51.8 Å². The minimum Gasteiger partial charge on any atom is -0.398 e. The molecule has 0 spiro atoms. The first kappa shape index (κ1) is 15.6. The summed E-state index contributed by atoms with van der Waals surface area (Å²) < 4.78 is 26.0. The fourth-order valence-corrected chi connectivity index (χ4v) is 2.29. The smallest absolute Gasteiger partial charge is 0.398 e. The number of benzene rings is 1. The Kier molecular flexibility index (Phi) is 4.02. The van der Waals surface area contributed by atoms with Crippen LogP contribution in [0.25, 0.3) is 5.57 Å². The molecule has 0 aromatic heterocycles. The lowest BCUT2D eigenvalue weighted by atomic mass is 9.83. The first-order chi connectivity index (χ1) is 9.16. The van der Waals surface area contributed by atoms with Crippen molar-refractivity contribution in [1.82, 2.24) is 0 Å². The number of rotatable bonds is 2. The van der Waals surface area contributed by atoms with Crippen LogP contribution in [0, 0.1) is 0 Å². The van der Waals surface area contributed by atoms with E-state index < -0.39 is 24.0 Å². The summed E-state index contributed by atoms with van der Waals surface area (Å²) in [6.45, 7) is 9.26. The van der Waals surface area contributed by atoms with Crippen molar-refractivity contribution in [2.24, 2.45) is 0 Å². The van der Waals surface area contributed by atoms with E-state index in [1.165, 1.54) is 0 Å². The van der Waals surface area contributed by atoms with Crippen LogP contribution in [0.15, 0.2) is 30.0 Å². The van der Waals surface area contributed by atoms with Gasteiger partial charge in [0.05, 0.1) is 11.2 Å². The molecule has 1 aromatic carbocycles. The molecular weight excluding hydrogens is 277 g/mol. The molecule has 20 heavy (non-hydrogen) atoms. The van der Waals surface area contributed by atoms with Crippen LogP contribution < -0.4 is 0 Å². The maximum atomic E-state index is 14.6. The molecule has 0 saturated carbocycles. The highest BCUT2D eigenvalue weighted by atomic mass is 35.5. The van der Waals surface area contributed by atoms with Crippen LogP contribution in [0.1, 0.15) is 40.2 Å². The molecule has 1 aromatic rings. The zero-order valence-electron chi connectivity index (χ0n) is 12.5. The van der Waals surface area contributed by atoms with Crippen LogP contribution >= 0.6 is 11.6 Å². The van der Waals surface area contributed by atoms with E-state index in [-0.39, 0.29) is 0 Å². The van der Waals surface area contributed by atoms with Crippen molar-refractivity contribution in [3.63, 3.8) is 0 Å². The van der Waals surface area contributed by atoms with E-state index in [1.54, 1.807) is 19.1 Å². The molecule has 1 heterocycles. The van der Waals surface area contributed by atoms with Crippen LogP contribution in [0.2, 0.25) is 5.02 Å². The maximum absolute atomic E-state index is 14.6. The van der Waals surface area contributed by atoms with Gasteiger partial charge in [-0.25, -0.2) is 4.39 Å². The molecule has 0 bridgehead atoms. The van der Waals surface area contributed by atoms with Gasteiger partial charge in [0, 0.05) is 5.02 Å². The van der Waals surface area contributed by atoms with Crippen molar-refractivity contribution >= 4 is 24.3 Å². The number of hydrogen-bond acceptors (Lipinski definition) is 2. The Morgan fingerprint density at radius 2 is 1.60 bits per heavy atom. The SMILES string of the molecule is CC(=C(F)B1OC(C)(C)C(C)(C)O1)c1ccccc1Cl. The second-order valence-corrected chi connectivity index (χ2v) is 6.45. The zero-order chi connectivity index (χ0) is 15.1. The van der Waals surface area contributed by atoms with Gasteiger partial charge < -0.3 is 9.31 Å². The summed E-state index contributed by atoms with van der Waals surface area (Å²) in [5, 5.41) is 0.511. The van der Waals surface area contributed by atoms with Gasteiger partial charge in [-0.2, -0.15) is 0 Å². The van der Waals surface area contributed by atoms with E-state index in [1.807, 2.05) is 39.8 Å². The second-order valence-electron chi connectivity index (χ2n) is 6.04. The highest BCUT2D eigenvalue weighted by Gasteiger charge is 2.53. The molecular formula is C15H19BClFO2. The lowest BCUT2D eigenvalue weighted by molar-refractivity contribution is 0.00578. The van der Waals surface area contributed by atoms with Crippen LogP contribution in [0.4, 0.5) is 4.39 Å². The van der Waals surface area contributed by atoms with E-state index >= 15 is 0 Å². The molecule has 0 atom stereocenters. The van der Waals surface area contributed by atoms with Gasteiger partial charge in [0.2, 0.25) is 0 Å². The van der Waals surface area contributed by atoms with Crippen LogP contribution in [-0.2, 0) is 9.31 Å². The van der Waals surface area contributed by atoms with E-state index in [0.29, 0.717) is 16.2 Å². The maximum Gasteiger partial charge on any atom is 0.525 e. The molecule has 1 saturated heterocycles. The van der Waals surface area contributed by atoms with E-state index in [9.17, 15) is 4.39 Å². The topological polar surface area (TPSA) is 18.5 Å². The lowest BCUT2D eigenvalue weighted by Gasteiger charge is -2.32. The summed E-state index contributed by atoms with van der Waals surface area (Å²) in [5.41, 5.74) is -0.460. The average molecular weight is 297 g/mol. The van der Waals surface area contributed by atoms with Crippen LogP contribution in [0.3, 0.4) is 0 Å². The largest absolute Gasteiger partial charge is 0.525 e. The van der Waals surface area contributed by atoms with E-state index in [0.717, 1.165) is 0 Å². The van der Waals surface area contributed by atoms with Gasteiger partial charge >= 0.3 is 7.12 Å². The molecule has 5 heteroatoms. The predicted octanol–water partition coefficient (Wildman–Crippen LogP) is 4.67. The Morgan fingerprint density at radius 1 is 1.10 bits per heavy atom. The van der Waals surface area contributed by atoms with Gasteiger partial charge in [-0.15, -0.1) is 0 Å². The van der Waals surface area contributed by atoms with Gasteiger partial charge in [-0.3, -0.25) is 0 Å². The van der Waals surface area contributed by atoms with Crippen molar-refractivity contribution in [3.05, 3.63) is 40.6 Å². The molecule has 0 radical (unpaired) electrons. The standard InChI is InChI=1S/C15H19BClFO2/c1-10(11-8-6-7-9-12(11)17)13(18)16-19-14(2,3)15(4,5)20-16/h6-9H,1-5H3. The first-order valence-electron chi connectivity index (χ1n) is 6.62. The van der Waals surface area contributed by atoms with Crippen molar-refractivity contribution in [2.45, 2.75) is 45.8 Å². The van der Waals surface area contributed by atoms with Crippen molar-refractivity contribution < 1.29 is 13.7 Å². The molecule has 0 N–H and O–H groups in total.